The quantitative estimate of drug-likeness (QED) is 0.602. The zero-order valence-electron chi connectivity index (χ0n) is 17.0. The van der Waals surface area contributed by atoms with Crippen molar-refractivity contribution in [2.45, 2.75) is 43.0 Å². The van der Waals surface area contributed by atoms with Crippen LogP contribution in [0.4, 0.5) is 0 Å². The van der Waals surface area contributed by atoms with Crippen molar-refractivity contribution in [3.05, 3.63) is 102 Å². The number of benzene rings is 3. The van der Waals surface area contributed by atoms with Gasteiger partial charge in [-0.15, -0.1) is 0 Å². The molecule has 0 N–H and O–H groups in total. The molecule has 3 nitrogen and oxygen atoms in total. The van der Waals surface area contributed by atoms with Crippen LogP contribution in [0.25, 0.3) is 0 Å². The molecule has 1 unspecified atom stereocenters. The number of piperidine rings is 1. The first kappa shape index (κ1) is 19.9. The molecule has 1 aliphatic rings. The molecule has 4 rings (SSSR count). The number of hydrogen-bond acceptors (Lipinski definition) is 2. The van der Waals surface area contributed by atoms with Gasteiger partial charge in [0.2, 0.25) is 10.0 Å². The lowest BCUT2D eigenvalue weighted by molar-refractivity contribution is 0.200. The number of rotatable bonds is 4. The maximum atomic E-state index is 13.6. The van der Waals surface area contributed by atoms with Gasteiger partial charge in [0.25, 0.3) is 0 Å². The molecule has 150 valence electrons. The fourth-order valence-electron chi connectivity index (χ4n) is 4.42. The highest BCUT2D eigenvalue weighted by atomic mass is 32.2. The smallest absolute Gasteiger partial charge is 0.207 e. The van der Waals surface area contributed by atoms with Gasteiger partial charge in [0.1, 0.15) is 0 Å². The van der Waals surface area contributed by atoms with Crippen molar-refractivity contribution in [3.63, 3.8) is 0 Å². The summed E-state index contributed by atoms with van der Waals surface area (Å²) < 4.78 is 28.9. The van der Waals surface area contributed by atoms with Crippen LogP contribution in [0.15, 0.2) is 89.8 Å². The lowest BCUT2D eigenvalue weighted by atomic mass is 9.69. The van der Waals surface area contributed by atoms with Gasteiger partial charge in [0.05, 0.1) is 4.90 Å². The van der Waals surface area contributed by atoms with Crippen molar-refractivity contribution in [2.24, 2.45) is 0 Å². The van der Waals surface area contributed by atoms with E-state index in [1.54, 1.807) is 16.4 Å². The van der Waals surface area contributed by atoms with Crippen LogP contribution in [0.5, 0.6) is 0 Å². The van der Waals surface area contributed by atoms with Crippen molar-refractivity contribution in [1.29, 1.82) is 0 Å². The van der Waals surface area contributed by atoms with E-state index in [-0.39, 0.29) is 11.5 Å². The minimum Gasteiger partial charge on any atom is -0.207 e. The van der Waals surface area contributed by atoms with Crippen molar-refractivity contribution < 1.29 is 8.42 Å². The molecule has 29 heavy (non-hydrogen) atoms. The summed E-state index contributed by atoms with van der Waals surface area (Å²) in [7, 11) is -3.58. The average Bonchev–Trinajstić information content (AvgIpc) is 2.76. The Bertz CT molecular complexity index is 1020. The molecular weight excluding hydrogens is 378 g/mol. The first-order valence-corrected chi connectivity index (χ1v) is 11.6. The van der Waals surface area contributed by atoms with Gasteiger partial charge >= 0.3 is 0 Å². The van der Waals surface area contributed by atoms with Gasteiger partial charge < -0.3 is 0 Å². The van der Waals surface area contributed by atoms with Crippen LogP contribution >= 0.6 is 0 Å². The van der Waals surface area contributed by atoms with E-state index in [0.29, 0.717) is 11.4 Å². The van der Waals surface area contributed by atoms with E-state index in [0.717, 1.165) is 18.4 Å². The van der Waals surface area contributed by atoms with Gasteiger partial charge in [-0.25, -0.2) is 8.42 Å². The monoisotopic (exact) mass is 405 g/mol. The summed E-state index contributed by atoms with van der Waals surface area (Å²) in [5, 5.41) is 0. The van der Waals surface area contributed by atoms with E-state index in [1.807, 2.05) is 62.4 Å². The highest BCUT2D eigenvalue weighted by Gasteiger charge is 2.45. The molecule has 1 aliphatic heterocycles. The lowest BCUT2D eigenvalue weighted by Crippen LogP contribution is -2.52. The lowest BCUT2D eigenvalue weighted by Gasteiger charge is -2.46. The van der Waals surface area contributed by atoms with Crippen molar-refractivity contribution in [1.82, 2.24) is 4.31 Å². The van der Waals surface area contributed by atoms with E-state index in [2.05, 4.69) is 24.3 Å². The number of sulfonamides is 1. The number of nitrogens with zero attached hydrogens (tertiary/aromatic N) is 1. The summed E-state index contributed by atoms with van der Waals surface area (Å²) in [6.45, 7) is 4.43. The Kier molecular flexibility index (Phi) is 5.32. The van der Waals surface area contributed by atoms with Crippen LogP contribution in [0.2, 0.25) is 0 Å². The molecule has 4 heteroatoms. The van der Waals surface area contributed by atoms with Crippen LogP contribution in [0.3, 0.4) is 0 Å². The molecule has 1 atom stereocenters. The number of aryl methyl sites for hydroxylation is 1. The molecule has 0 amide bonds. The summed E-state index contributed by atoms with van der Waals surface area (Å²) in [6, 6.07) is 27.8. The Morgan fingerprint density at radius 2 is 1.34 bits per heavy atom. The Labute approximate surface area is 174 Å². The van der Waals surface area contributed by atoms with Crippen LogP contribution in [0.1, 0.15) is 36.5 Å². The highest BCUT2D eigenvalue weighted by molar-refractivity contribution is 7.89. The standard InChI is InChI=1S/C25H27NO2S/c1-20-13-15-24(16-14-20)29(27,28)26-19-25(18-17-21(26)2,22-9-5-3-6-10-22)23-11-7-4-8-12-23/h3-16,21H,17-19H2,1-2H3. The normalized spacial score (nSPS) is 19.7. The van der Waals surface area contributed by atoms with Crippen LogP contribution in [-0.4, -0.2) is 25.3 Å². The first-order chi connectivity index (χ1) is 13.9. The second-order valence-corrected chi connectivity index (χ2v) is 9.96. The molecule has 0 aromatic heterocycles. The molecule has 0 aliphatic carbocycles. The Balaban J connectivity index is 1.82. The topological polar surface area (TPSA) is 37.4 Å². The minimum atomic E-state index is -3.58. The van der Waals surface area contributed by atoms with E-state index in [4.69, 9.17) is 0 Å². The average molecular weight is 406 g/mol. The Morgan fingerprint density at radius 1 is 0.828 bits per heavy atom. The molecular formula is C25H27NO2S. The van der Waals surface area contributed by atoms with Crippen LogP contribution in [0, 0.1) is 6.92 Å². The largest absolute Gasteiger partial charge is 0.243 e. The van der Waals surface area contributed by atoms with Gasteiger partial charge in [-0.2, -0.15) is 4.31 Å². The third-order valence-electron chi connectivity index (χ3n) is 6.19. The highest BCUT2D eigenvalue weighted by Crippen LogP contribution is 2.43. The zero-order chi connectivity index (χ0) is 20.5. The SMILES string of the molecule is Cc1ccc(S(=O)(=O)N2CC(c3ccccc3)(c3ccccc3)CCC2C)cc1. The molecule has 3 aromatic carbocycles. The molecule has 1 fully saturated rings. The van der Waals surface area contributed by atoms with Crippen LogP contribution in [-0.2, 0) is 15.4 Å². The molecule has 0 bridgehead atoms. The fraction of sp³-hybridized carbons (Fsp3) is 0.280. The van der Waals surface area contributed by atoms with Crippen molar-refractivity contribution in [2.75, 3.05) is 6.54 Å². The molecule has 0 radical (unpaired) electrons. The second-order valence-electron chi connectivity index (χ2n) is 8.07. The van der Waals surface area contributed by atoms with Gasteiger partial charge in [-0.3, -0.25) is 0 Å². The fourth-order valence-corrected chi connectivity index (χ4v) is 6.14. The van der Waals surface area contributed by atoms with Gasteiger partial charge in [-0.1, -0.05) is 78.4 Å². The molecule has 0 saturated carbocycles. The summed E-state index contributed by atoms with van der Waals surface area (Å²) in [4.78, 5) is 0.367. The van der Waals surface area contributed by atoms with Gasteiger partial charge in [-0.05, 0) is 49.9 Å². The van der Waals surface area contributed by atoms with Gasteiger partial charge in [0, 0.05) is 18.0 Å². The second kappa shape index (κ2) is 7.77. The van der Waals surface area contributed by atoms with E-state index in [9.17, 15) is 8.42 Å². The van der Waals surface area contributed by atoms with Crippen LogP contribution < -0.4 is 0 Å². The van der Waals surface area contributed by atoms with E-state index < -0.39 is 10.0 Å². The molecule has 0 spiro atoms. The summed E-state index contributed by atoms with van der Waals surface area (Å²) in [5.41, 5.74) is 3.04. The summed E-state index contributed by atoms with van der Waals surface area (Å²) in [5.74, 6) is 0. The Morgan fingerprint density at radius 3 is 1.86 bits per heavy atom. The summed E-state index contributed by atoms with van der Waals surface area (Å²) in [6.07, 6.45) is 1.73. The maximum Gasteiger partial charge on any atom is 0.243 e. The predicted octanol–water partition coefficient (Wildman–Crippen LogP) is 5.15. The van der Waals surface area contributed by atoms with Gasteiger partial charge in [0.15, 0.2) is 0 Å². The Hall–Kier alpha value is -2.43. The van der Waals surface area contributed by atoms with Crippen molar-refractivity contribution >= 4 is 10.0 Å². The third-order valence-corrected chi connectivity index (χ3v) is 8.16. The maximum absolute atomic E-state index is 13.6. The molecule has 3 aromatic rings. The molecule has 1 saturated heterocycles. The van der Waals surface area contributed by atoms with E-state index in [1.165, 1.54) is 11.1 Å². The van der Waals surface area contributed by atoms with Crippen molar-refractivity contribution in [3.8, 4) is 0 Å². The molecule has 1 heterocycles. The third kappa shape index (κ3) is 3.63. The number of hydrogen-bond donors (Lipinski definition) is 0. The minimum absolute atomic E-state index is 0.0400. The van der Waals surface area contributed by atoms with E-state index >= 15 is 0 Å². The summed E-state index contributed by atoms with van der Waals surface area (Å²) >= 11 is 0. The zero-order valence-corrected chi connectivity index (χ0v) is 17.8. The first-order valence-electron chi connectivity index (χ1n) is 10.1. The predicted molar refractivity (Wildman–Crippen MR) is 117 cm³/mol.